The molecular formula is C7H9Cl2N3O. The maximum Gasteiger partial charge on any atom is 0.137 e. The van der Waals surface area contributed by atoms with E-state index in [0.29, 0.717) is 22.4 Å². The molecule has 1 aromatic heterocycles. The van der Waals surface area contributed by atoms with Crippen molar-refractivity contribution in [2.45, 2.75) is 12.8 Å². The lowest BCUT2D eigenvalue weighted by Gasteiger charge is -2.12. The number of hydrogen-bond acceptors (Lipinski definition) is 4. The van der Waals surface area contributed by atoms with Crippen LogP contribution >= 0.6 is 23.2 Å². The second-order valence-corrected chi connectivity index (χ2v) is 3.35. The first-order chi connectivity index (χ1) is 6.16. The Bertz CT molecular complexity index is 275. The summed E-state index contributed by atoms with van der Waals surface area (Å²) in [5.41, 5.74) is 2.69. The largest absolute Gasteiger partial charge is 0.317 e. The number of rotatable bonds is 3. The molecule has 0 fully saturated rings. The summed E-state index contributed by atoms with van der Waals surface area (Å²) in [6.07, 6.45) is 1.30. The molecule has 0 radical (unpaired) electrons. The zero-order valence-electron chi connectivity index (χ0n) is 6.96. The van der Waals surface area contributed by atoms with Gasteiger partial charge in [0.25, 0.3) is 0 Å². The van der Waals surface area contributed by atoms with Crippen LogP contribution in [0.15, 0.2) is 6.33 Å². The number of aromatic nitrogens is 2. The molecular weight excluding hydrogens is 213 g/mol. The molecule has 1 atom stereocenters. The van der Waals surface area contributed by atoms with Crippen molar-refractivity contribution in [1.29, 1.82) is 0 Å². The zero-order valence-corrected chi connectivity index (χ0v) is 8.47. The van der Waals surface area contributed by atoms with Crippen LogP contribution in [-0.4, -0.2) is 21.7 Å². The van der Waals surface area contributed by atoms with Gasteiger partial charge in [-0.05, 0) is 0 Å². The maximum absolute atomic E-state index is 8.50. The number of halogens is 2. The Morgan fingerprint density at radius 3 is 2.46 bits per heavy atom. The molecule has 0 spiro atoms. The first-order valence-corrected chi connectivity index (χ1v) is 4.45. The van der Waals surface area contributed by atoms with E-state index in [4.69, 9.17) is 28.4 Å². The van der Waals surface area contributed by atoms with Gasteiger partial charge in [-0.2, -0.15) is 0 Å². The Labute approximate surface area is 85.9 Å². The highest BCUT2D eigenvalue weighted by molar-refractivity contribution is 6.34. The van der Waals surface area contributed by atoms with Crippen molar-refractivity contribution < 1.29 is 5.21 Å². The normalized spacial score (nSPS) is 12.9. The van der Waals surface area contributed by atoms with Crippen molar-refractivity contribution in [3.63, 3.8) is 0 Å². The van der Waals surface area contributed by atoms with E-state index < -0.39 is 0 Å². The minimum atomic E-state index is -0.0359. The topological polar surface area (TPSA) is 58.0 Å². The summed E-state index contributed by atoms with van der Waals surface area (Å²) in [7, 11) is 0. The van der Waals surface area contributed by atoms with Crippen molar-refractivity contribution in [1.82, 2.24) is 15.4 Å². The van der Waals surface area contributed by atoms with Gasteiger partial charge in [0.2, 0.25) is 0 Å². The molecule has 0 aromatic carbocycles. The predicted molar refractivity (Wildman–Crippen MR) is 50.3 cm³/mol. The first kappa shape index (κ1) is 10.7. The molecule has 2 N–H and O–H groups in total. The fourth-order valence-corrected chi connectivity index (χ4v) is 1.69. The molecule has 4 nitrogen and oxygen atoms in total. The van der Waals surface area contributed by atoms with Gasteiger partial charge in [-0.1, -0.05) is 30.1 Å². The van der Waals surface area contributed by atoms with Crippen molar-refractivity contribution >= 4 is 23.2 Å². The monoisotopic (exact) mass is 221 g/mol. The molecule has 0 amide bonds. The Morgan fingerprint density at radius 2 is 2.00 bits per heavy atom. The van der Waals surface area contributed by atoms with Gasteiger partial charge in [-0.15, -0.1) is 0 Å². The molecule has 0 saturated heterocycles. The van der Waals surface area contributed by atoms with E-state index in [2.05, 4.69) is 9.97 Å². The summed E-state index contributed by atoms with van der Waals surface area (Å²) in [6, 6.07) is 0. The number of hydrogen-bond donors (Lipinski definition) is 2. The number of nitrogens with zero attached hydrogens (tertiary/aromatic N) is 2. The van der Waals surface area contributed by atoms with E-state index in [1.165, 1.54) is 6.33 Å². The molecule has 0 aliphatic rings. The second kappa shape index (κ2) is 4.72. The molecule has 1 rings (SSSR count). The van der Waals surface area contributed by atoms with Crippen LogP contribution < -0.4 is 5.48 Å². The Kier molecular flexibility index (Phi) is 3.87. The molecule has 72 valence electrons. The third-order valence-corrected chi connectivity index (χ3v) is 2.28. The van der Waals surface area contributed by atoms with Gasteiger partial charge in [0, 0.05) is 18.0 Å². The van der Waals surface area contributed by atoms with Crippen LogP contribution in [0.4, 0.5) is 0 Å². The summed E-state index contributed by atoms with van der Waals surface area (Å²) < 4.78 is 0. The van der Waals surface area contributed by atoms with Crippen LogP contribution in [0.25, 0.3) is 0 Å². The highest BCUT2D eigenvalue weighted by atomic mass is 35.5. The molecule has 0 saturated carbocycles. The molecule has 1 aromatic rings. The van der Waals surface area contributed by atoms with Gasteiger partial charge < -0.3 is 5.21 Å². The molecule has 0 aliphatic carbocycles. The highest BCUT2D eigenvalue weighted by Crippen LogP contribution is 2.27. The average molecular weight is 222 g/mol. The van der Waals surface area contributed by atoms with E-state index in [0.717, 1.165) is 0 Å². The lowest BCUT2D eigenvalue weighted by molar-refractivity contribution is 0.161. The van der Waals surface area contributed by atoms with E-state index in [-0.39, 0.29) is 5.92 Å². The van der Waals surface area contributed by atoms with Crippen LogP contribution in [0, 0.1) is 0 Å². The van der Waals surface area contributed by atoms with Gasteiger partial charge in [-0.25, -0.2) is 15.4 Å². The van der Waals surface area contributed by atoms with Crippen LogP contribution in [0.1, 0.15) is 18.4 Å². The fraction of sp³-hybridized carbons (Fsp3) is 0.429. The minimum absolute atomic E-state index is 0.0359. The summed E-state index contributed by atoms with van der Waals surface area (Å²) in [5.74, 6) is -0.0359. The quantitative estimate of drug-likeness (QED) is 0.605. The summed E-state index contributed by atoms with van der Waals surface area (Å²) >= 11 is 11.6. The van der Waals surface area contributed by atoms with E-state index in [1.807, 2.05) is 12.4 Å². The fourth-order valence-electron chi connectivity index (χ4n) is 1.00. The molecule has 0 bridgehead atoms. The molecule has 1 unspecified atom stereocenters. The van der Waals surface area contributed by atoms with Crippen LogP contribution in [0.3, 0.4) is 0 Å². The minimum Gasteiger partial charge on any atom is -0.317 e. The van der Waals surface area contributed by atoms with Gasteiger partial charge in [0.1, 0.15) is 16.6 Å². The maximum atomic E-state index is 8.50. The Hall–Kier alpha value is -0.420. The van der Waals surface area contributed by atoms with E-state index in [9.17, 15) is 0 Å². The van der Waals surface area contributed by atoms with Gasteiger partial charge in [0.15, 0.2) is 0 Å². The summed E-state index contributed by atoms with van der Waals surface area (Å²) in [4.78, 5) is 7.61. The average Bonchev–Trinajstić information content (AvgIpc) is 2.04. The molecule has 13 heavy (non-hydrogen) atoms. The molecule has 6 heteroatoms. The van der Waals surface area contributed by atoms with Crippen molar-refractivity contribution in [2.24, 2.45) is 0 Å². The highest BCUT2D eigenvalue weighted by Gasteiger charge is 2.14. The number of nitrogens with one attached hydrogen (secondary N) is 1. The first-order valence-electron chi connectivity index (χ1n) is 3.69. The smallest absolute Gasteiger partial charge is 0.137 e. The SMILES string of the molecule is CC(CNO)c1c(Cl)ncnc1Cl. The zero-order chi connectivity index (χ0) is 9.84. The van der Waals surface area contributed by atoms with Crippen LogP contribution in [0.5, 0.6) is 0 Å². The van der Waals surface area contributed by atoms with Crippen LogP contribution in [0.2, 0.25) is 10.3 Å². The van der Waals surface area contributed by atoms with E-state index >= 15 is 0 Å². The summed E-state index contributed by atoms with van der Waals surface area (Å²) in [5, 5.41) is 9.15. The van der Waals surface area contributed by atoms with Crippen molar-refractivity contribution in [3.05, 3.63) is 22.2 Å². The lowest BCUT2D eigenvalue weighted by Crippen LogP contribution is -2.16. The standard InChI is InChI=1S/C7H9Cl2N3O/c1-4(2-12-13)5-6(8)10-3-11-7(5)9/h3-4,12-13H,2H2,1H3. The lowest BCUT2D eigenvalue weighted by atomic mass is 10.1. The van der Waals surface area contributed by atoms with Gasteiger partial charge in [0.05, 0.1) is 0 Å². The Morgan fingerprint density at radius 1 is 1.46 bits per heavy atom. The third-order valence-electron chi connectivity index (χ3n) is 1.68. The predicted octanol–water partition coefficient (Wildman–Crippen LogP) is 1.87. The molecule has 0 aliphatic heterocycles. The second-order valence-electron chi connectivity index (χ2n) is 2.63. The Balaban J connectivity index is 2.98. The van der Waals surface area contributed by atoms with Gasteiger partial charge in [-0.3, -0.25) is 0 Å². The van der Waals surface area contributed by atoms with Crippen molar-refractivity contribution in [3.8, 4) is 0 Å². The third kappa shape index (κ3) is 2.51. The van der Waals surface area contributed by atoms with E-state index in [1.54, 1.807) is 0 Å². The van der Waals surface area contributed by atoms with Crippen molar-refractivity contribution in [2.75, 3.05) is 6.54 Å². The van der Waals surface area contributed by atoms with Crippen LogP contribution in [-0.2, 0) is 0 Å². The number of hydroxylamine groups is 1. The summed E-state index contributed by atoms with van der Waals surface area (Å²) in [6.45, 7) is 2.21. The molecule has 1 heterocycles. The van der Waals surface area contributed by atoms with Gasteiger partial charge >= 0.3 is 0 Å².